The van der Waals surface area contributed by atoms with E-state index < -0.39 is 0 Å². The van der Waals surface area contributed by atoms with Gasteiger partial charge in [0.2, 0.25) is 5.91 Å². The molecule has 0 radical (unpaired) electrons. The van der Waals surface area contributed by atoms with Crippen molar-refractivity contribution in [2.24, 2.45) is 0 Å². The normalized spacial score (nSPS) is 11.0. The van der Waals surface area contributed by atoms with E-state index in [-0.39, 0.29) is 17.2 Å². The van der Waals surface area contributed by atoms with Crippen LogP contribution in [0, 0.1) is 0 Å². The van der Waals surface area contributed by atoms with Gasteiger partial charge >= 0.3 is 0 Å². The van der Waals surface area contributed by atoms with Gasteiger partial charge in [-0.1, -0.05) is 65.8 Å². The molecule has 0 aliphatic rings. The van der Waals surface area contributed by atoms with Crippen molar-refractivity contribution >= 4 is 50.8 Å². The van der Waals surface area contributed by atoms with Crippen LogP contribution in [-0.4, -0.2) is 21.3 Å². The number of carbonyl (C=O) groups is 1. The minimum absolute atomic E-state index is 0.0899. The number of aromatic nitrogens is 2. The number of nitrogens with one attached hydrogen (secondary N) is 1. The molecule has 9 heteroatoms. The van der Waals surface area contributed by atoms with Crippen molar-refractivity contribution in [1.82, 2.24) is 15.0 Å². The fourth-order valence-electron chi connectivity index (χ4n) is 2.95. The molecule has 0 unspecified atom stereocenters. The number of benzene rings is 2. The van der Waals surface area contributed by atoms with Gasteiger partial charge in [0.1, 0.15) is 4.83 Å². The van der Waals surface area contributed by atoms with Gasteiger partial charge in [0, 0.05) is 22.5 Å². The molecule has 152 valence electrons. The summed E-state index contributed by atoms with van der Waals surface area (Å²) in [5.41, 5.74) is 2.32. The van der Waals surface area contributed by atoms with Gasteiger partial charge in [-0.05, 0) is 23.3 Å². The van der Waals surface area contributed by atoms with E-state index in [1.165, 1.54) is 11.3 Å². The predicted molar refractivity (Wildman–Crippen MR) is 123 cm³/mol. The molecule has 0 saturated carbocycles. The lowest BCUT2D eigenvalue weighted by molar-refractivity contribution is -0.118. The van der Waals surface area contributed by atoms with Crippen molar-refractivity contribution in [3.63, 3.8) is 0 Å². The number of nitrogens with zero attached hydrogens (tertiary/aromatic N) is 2. The number of hydrogen-bond acceptors (Lipinski definition) is 6. The van der Waals surface area contributed by atoms with Gasteiger partial charge in [-0.25, -0.2) is 9.66 Å². The van der Waals surface area contributed by atoms with E-state index in [0.29, 0.717) is 26.9 Å². The highest BCUT2D eigenvalue weighted by Crippen LogP contribution is 2.31. The second-order valence-electron chi connectivity index (χ2n) is 6.46. The number of amides is 1. The third kappa shape index (κ3) is 4.35. The lowest BCUT2D eigenvalue weighted by Gasteiger charge is -2.08. The van der Waals surface area contributed by atoms with E-state index in [1.807, 2.05) is 47.8 Å². The summed E-state index contributed by atoms with van der Waals surface area (Å²) in [6.07, 6.45) is 0. The monoisotopic (exact) mass is 456 g/mol. The van der Waals surface area contributed by atoms with Crippen LogP contribution in [0.2, 0.25) is 5.02 Å². The van der Waals surface area contributed by atoms with Crippen molar-refractivity contribution in [3.05, 3.63) is 80.9 Å². The first-order valence-electron chi connectivity index (χ1n) is 9.01. The van der Waals surface area contributed by atoms with E-state index in [2.05, 4.69) is 10.3 Å². The van der Waals surface area contributed by atoms with Crippen LogP contribution in [0.25, 0.3) is 21.3 Å². The fourth-order valence-corrected chi connectivity index (χ4v) is 4.89. The summed E-state index contributed by atoms with van der Waals surface area (Å²) < 4.78 is 1.01. The number of halogens is 1. The summed E-state index contributed by atoms with van der Waals surface area (Å²) in [6.45, 7) is 0.368. The highest BCUT2D eigenvalue weighted by Gasteiger charge is 2.17. The molecule has 0 spiro atoms. The molecule has 2 aromatic heterocycles. The maximum atomic E-state index is 12.9. The third-order valence-electron chi connectivity index (χ3n) is 4.40. The van der Waals surface area contributed by atoms with Crippen molar-refractivity contribution in [3.8, 4) is 11.1 Å². The molecule has 0 saturated heterocycles. The van der Waals surface area contributed by atoms with Crippen LogP contribution in [0.4, 0.5) is 0 Å². The summed E-state index contributed by atoms with van der Waals surface area (Å²) in [5, 5.41) is 6.13. The second kappa shape index (κ2) is 8.91. The predicted octanol–water partition coefficient (Wildman–Crippen LogP) is 3.90. The maximum absolute atomic E-state index is 12.9. The van der Waals surface area contributed by atoms with Gasteiger partial charge in [-0.2, -0.15) is 0 Å². The topological polar surface area (TPSA) is 90.0 Å². The number of nitrogens with two attached hydrogens (primary N) is 1. The minimum atomic E-state index is -0.332. The molecule has 6 nitrogen and oxygen atoms in total. The smallest absolute Gasteiger partial charge is 0.282 e. The van der Waals surface area contributed by atoms with Crippen molar-refractivity contribution in [1.29, 1.82) is 0 Å². The summed E-state index contributed by atoms with van der Waals surface area (Å²) >= 11 is 8.46. The molecule has 0 fully saturated rings. The van der Waals surface area contributed by atoms with E-state index in [9.17, 15) is 9.59 Å². The van der Waals surface area contributed by atoms with E-state index in [0.717, 1.165) is 33.1 Å². The zero-order chi connectivity index (χ0) is 21.1. The number of rotatable bonds is 6. The number of fused-ring (bicyclic) bond motifs is 1. The number of thiophene rings is 1. The number of thioether (sulfide) groups is 1. The molecule has 2 heterocycles. The zero-order valence-electron chi connectivity index (χ0n) is 15.7. The van der Waals surface area contributed by atoms with Crippen LogP contribution in [0.1, 0.15) is 5.56 Å². The fraction of sp³-hybridized carbons (Fsp3) is 0.0952. The Morgan fingerprint density at radius 2 is 2.00 bits per heavy atom. The molecule has 30 heavy (non-hydrogen) atoms. The first kappa shape index (κ1) is 20.5. The van der Waals surface area contributed by atoms with E-state index >= 15 is 0 Å². The minimum Gasteiger partial charge on any atom is -0.351 e. The van der Waals surface area contributed by atoms with Gasteiger partial charge in [0.15, 0.2) is 5.16 Å². The Hall–Kier alpha value is -2.81. The molecule has 3 N–H and O–H groups in total. The molecule has 0 aliphatic heterocycles. The van der Waals surface area contributed by atoms with Crippen LogP contribution in [0.5, 0.6) is 0 Å². The first-order valence-corrected chi connectivity index (χ1v) is 11.3. The van der Waals surface area contributed by atoms with Crippen molar-refractivity contribution in [2.45, 2.75) is 11.7 Å². The second-order valence-corrected chi connectivity index (χ2v) is 8.70. The van der Waals surface area contributed by atoms with E-state index in [4.69, 9.17) is 17.4 Å². The van der Waals surface area contributed by atoms with Crippen LogP contribution >= 0.6 is 34.7 Å². The molecule has 4 rings (SSSR count). The molecule has 0 atom stereocenters. The molecular formula is C21H17ClN4O2S2. The molecule has 4 aromatic rings. The summed E-state index contributed by atoms with van der Waals surface area (Å²) in [4.78, 5) is 30.2. The number of hydrogen-bond donors (Lipinski definition) is 2. The quantitative estimate of drug-likeness (QED) is 0.261. The standard InChI is InChI=1S/C21H17ClN4O2S2/c22-15-8-4-5-13(9-15)10-24-17(27)12-30-21-25-19-18(20(28)26(21)23)16(11-29-19)14-6-2-1-3-7-14/h1-9,11H,10,12,23H2,(H,24,27). The number of carbonyl (C=O) groups excluding carboxylic acids is 1. The zero-order valence-corrected chi connectivity index (χ0v) is 18.1. The first-order chi connectivity index (χ1) is 14.5. The summed E-state index contributed by atoms with van der Waals surface area (Å²) in [7, 11) is 0. The molecule has 0 aliphatic carbocycles. The number of nitrogen functional groups attached to an aromatic ring is 1. The lowest BCUT2D eigenvalue weighted by atomic mass is 10.1. The van der Waals surface area contributed by atoms with Crippen LogP contribution in [0.3, 0.4) is 0 Å². The SMILES string of the molecule is Nn1c(SCC(=O)NCc2cccc(Cl)c2)nc2scc(-c3ccccc3)c2c1=O. The van der Waals surface area contributed by atoms with Crippen molar-refractivity contribution < 1.29 is 4.79 Å². The Balaban J connectivity index is 1.49. The highest BCUT2D eigenvalue weighted by molar-refractivity contribution is 7.99. The van der Waals surface area contributed by atoms with Crippen molar-refractivity contribution in [2.75, 3.05) is 11.6 Å². The maximum Gasteiger partial charge on any atom is 0.282 e. The van der Waals surface area contributed by atoms with Gasteiger partial charge in [0.05, 0.1) is 11.1 Å². The van der Waals surface area contributed by atoms with Gasteiger partial charge in [-0.15, -0.1) is 11.3 Å². The summed E-state index contributed by atoms with van der Waals surface area (Å²) in [6, 6.07) is 16.9. The Bertz CT molecular complexity index is 1270. The Labute approximate surface area is 185 Å². The van der Waals surface area contributed by atoms with E-state index in [1.54, 1.807) is 12.1 Å². The molecule has 0 bridgehead atoms. The van der Waals surface area contributed by atoms with Crippen LogP contribution in [-0.2, 0) is 11.3 Å². The Morgan fingerprint density at radius 1 is 1.20 bits per heavy atom. The van der Waals surface area contributed by atoms with Gasteiger partial charge in [0.25, 0.3) is 5.56 Å². The Morgan fingerprint density at radius 3 is 2.77 bits per heavy atom. The molecule has 2 aromatic carbocycles. The van der Waals surface area contributed by atoms with Gasteiger partial charge < -0.3 is 11.2 Å². The van der Waals surface area contributed by atoms with Crippen LogP contribution in [0.15, 0.2) is 69.9 Å². The third-order valence-corrected chi connectivity index (χ3v) is 6.46. The van der Waals surface area contributed by atoms with Gasteiger partial charge in [-0.3, -0.25) is 9.59 Å². The average molecular weight is 457 g/mol. The lowest BCUT2D eigenvalue weighted by Crippen LogP contribution is -2.30. The average Bonchev–Trinajstić information content (AvgIpc) is 3.18. The molecule has 1 amide bonds. The Kier molecular flexibility index (Phi) is 6.08. The van der Waals surface area contributed by atoms with Crippen LogP contribution < -0.4 is 16.7 Å². The largest absolute Gasteiger partial charge is 0.351 e. The molecular weight excluding hydrogens is 440 g/mol. The highest BCUT2D eigenvalue weighted by atomic mass is 35.5. The summed E-state index contributed by atoms with van der Waals surface area (Å²) in [5.74, 6) is 5.90.